The quantitative estimate of drug-likeness (QED) is 0.696. The molecule has 2 rings (SSSR count). The van der Waals surface area contributed by atoms with E-state index in [1.165, 1.54) is 28.3 Å². The zero-order valence-electron chi connectivity index (χ0n) is 17.3. The van der Waals surface area contributed by atoms with Crippen LogP contribution in [0.4, 0.5) is 4.79 Å². The molecule has 1 atom stereocenters. The molecule has 0 spiro atoms. The Labute approximate surface area is 167 Å². The highest BCUT2D eigenvalue weighted by molar-refractivity contribution is 7.89. The van der Waals surface area contributed by atoms with Gasteiger partial charge < -0.3 is 9.64 Å². The summed E-state index contributed by atoms with van der Waals surface area (Å²) in [5.41, 5.74) is -0.200. The Morgan fingerprint density at radius 3 is 2.57 bits per heavy atom. The number of hydrogen-bond donors (Lipinski definition) is 0. The smallest absolute Gasteiger partial charge is 0.410 e. The van der Waals surface area contributed by atoms with Gasteiger partial charge in [0.25, 0.3) is 0 Å². The molecule has 1 aromatic carbocycles. The van der Waals surface area contributed by atoms with Crippen molar-refractivity contribution in [3.05, 3.63) is 29.8 Å². The maximum Gasteiger partial charge on any atom is 0.410 e. The minimum atomic E-state index is -3.69. The van der Waals surface area contributed by atoms with Crippen LogP contribution >= 0.6 is 0 Å². The van der Waals surface area contributed by atoms with E-state index in [9.17, 15) is 18.0 Å². The van der Waals surface area contributed by atoms with Gasteiger partial charge in [0, 0.05) is 32.2 Å². The number of ketones is 1. The predicted octanol–water partition coefficient (Wildman–Crippen LogP) is 3.16. The topological polar surface area (TPSA) is 84.0 Å². The maximum atomic E-state index is 13.0. The molecule has 8 heteroatoms. The molecule has 28 heavy (non-hydrogen) atoms. The number of rotatable bonds is 5. The van der Waals surface area contributed by atoms with E-state index in [0.29, 0.717) is 25.2 Å². The van der Waals surface area contributed by atoms with E-state index in [1.807, 2.05) is 20.8 Å². The molecule has 1 aliphatic rings. The number of benzene rings is 1. The molecule has 0 aliphatic carbocycles. The molecule has 1 fully saturated rings. The summed E-state index contributed by atoms with van der Waals surface area (Å²) in [5.74, 6) is -0.149. The van der Waals surface area contributed by atoms with Gasteiger partial charge in [-0.25, -0.2) is 13.2 Å². The summed E-state index contributed by atoms with van der Waals surface area (Å²) in [4.78, 5) is 25.4. The Morgan fingerprint density at radius 2 is 1.96 bits per heavy atom. The average molecular weight is 411 g/mol. The molecule has 1 aromatic rings. The zero-order chi connectivity index (χ0) is 21.1. The standard InChI is InChI=1S/C20H30N2O5S/c1-15(23)17-9-6-10-18(12-17)28(25,26)22-11-7-8-16(14-22)13-21(5)19(24)27-20(2,3)4/h6,9-10,12,16H,7-8,11,13-14H2,1-5H3. The Hall–Kier alpha value is -1.93. The first-order valence-corrected chi connectivity index (χ1v) is 10.9. The first-order chi connectivity index (χ1) is 12.9. The van der Waals surface area contributed by atoms with Crippen LogP contribution in [0.15, 0.2) is 29.2 Å². The monoisotopic (exact) mass is 410 g/mol. The lowest BCUT2D eigenvalue weighted by Gasteiger charge is -2.34. The number of ether oxygens (including phenoxy) is 1. The number of amides is 1. The maximum absolute atomic E-state index is 13.0. The second-order valence-corrected chi connectivity index (χ2v) is 10.3. The Balaban J connectivity index is 2.09. The highest BCUT2D eigenvalue weighted by atomic mass is 32.2. The SMILES string of the molecule is CC(=O)c1cccc(S(=O)(=O)N2CCCC(CN(C)C(=O)OC(C)(C)C)C2)c1. The van der Waals surface area contributed by atoms with Gasteiger partial charge >= 0.3 is 6.09 Å². The normalized spacial score (nSPS) is 18.5. The Morgan fingerprint density at radius 1 is 1.29 bits per heavy atom. The van der Waals surface area contributed by atoms with Gasteiger partial charge in [0.1, 0.15) is 5.60 Å². The van der Waals surface area contributed by atoms with E-state index >= 15 is 0 Å². The summed E-state index contributed by atoms with van der Waals surface area (Å²) in [5, 5.41) is 0. The number of piperidine rings is 1. The number of carbonyl (C=O) groups excluding carboxylic acids is 2. The molecule has 0 radical (unpaired) electrons. The van der Waals surface area contributed by atoms with Crippen molar-refractivity contribution in [1.29, 1.82) is 0 Å². The van der Waals surface area contributed by atoms with Crippen molar-refractivity contribution >= 4 is 21.9 Å². The van der Waals surface area contributed by atoms with Crippen molar-refractivity contribution in [1.82, 2.24) is 9.21 Å². The highest BCUT2D eigenvalue weighted by Gasteiger charge is 2.32. The van der Waals surface area contributed by atoms with E-state index in [2.05, 4.69) is 0 Å². The number of carbonyl (C=O) groups is 2. The molecular weight excluding hydrogens is 380 g/mol. The second-order valence-electron chi connectivity index (χ2n) is 8.32. The highest BCUT2D eigenvalue weighted by Crippen LogP contribution is 2.25. The van der Waals surface area contributed by atoms with Gasteiger partial charge in [0.05, 0.1) is 4.90 Å². The van der Waals surface area contributed by atoms with Gasteiger partial charge in [-0.15, -0.1) is 0 Å². The number of hydrogen-bond acceptors (Lipinski definition) is 5. The summed E-state index contributed by atoms with van der Waals surface area (Å²) >= 11 is 0. The largest absolute Gasteiger partial charge is 0.444 e. The van der Waals surface area contributed by atoms with E-state index in [-0.39, 0.29) is 16.6 Å². The van der Waals surface area contributed by atoms with Gasteiger partial charge in [0.15, 0.2) is 5.78 Å². The second kappa shape index (κ2) is 8.61. The predicted molar refractivity (Wildman–Crippen MR) is 107 cm³/mol. The molecule has 1 aliphatic heterocycles. The molecule has 156 valence electrons. The Kier molecular flexibility index (Phi) is 6.88. The molecule has 7 nitrogen and oxygen atoms in total. The summed E-state index contributed by atoms with van der Waals surface area (Å²) < 4.78 is 32.9. The molecule has 0 aromatic heterocycles. The fourth-order valence-electron chi connectivity index (χ4n) is 3.22. The van der Waals surface area contributed by atoms with Crippen molar-refractivity contribution in [3.63, 3.8) is 0 Å². The number of nitrogens with zero attached hydrogens (tertiary/aromatic N) is 2. The fourth-order valence-corrected chi connectivity index (χ4v) is 4.82. The van der Waals surface area contributed by atoms with Crippen molar-refractivity contribution in [2.24, 2.45) is 5.92 Å². The van der Waals surface area contributed by atoms with Gasteiger partial charge in [-0.1, -0.05) is 12.1 Å². The zero-order valence-corrected chi connectivity index (χ0v) is 18.1. The van der Waals surface area contributed by atoms with E-state index in [0.717, 1.165) is 12.8 Å². The minimum absolute atomic E-state index is 0.0250. The average Bonchev–Trinajstić information content (AvgIpc) is 2.60. The molecular formula is C20H30N2O5S. The summed E-state index contributed by atoms with van der Waals surface area (Å²) in [6, 6.07) is 6.13. The first-order valence-electron chi connectivity index (χ1n) is 9.45. The van der Waals surface area contributed by atoms with Crippen LogP contribution in [0.2, 0.25) is 0 Å². The van der Waals surface area contributed by atoms with Gasteiger partial charge in [-0.2, -0.15) is 4.31 Å². The fraction of sp³-hybridized carbons (Fsp3) is 0.600. The summed E-state index contributed by atoms with van der Waals surface area (Å²) in [6.07, 6.45) is 1.15. The van der Waals surface area contributed by atoms with Crippen LogP contribution in [0.3, 0.4) is 0 Å². The van der Waals surface area contributed by atoms with Crippen LogP contribution in [0.1, 0.15) is 50.9 Å². The van der Waals surface area contributed by atoms with Crippen LogP contribution in [-0.4, -0.2) is 61.8 Å². The minimum Gasteiger partial charge on any atom is -0.444 e. The lowest BCUT2D eigenvalue weighted by molar-refractivity contribution is 0.0258. The van der Waals surface area contributed by atoms with Crippen molar-refractivity contribution in [3.8, 4) is 0 Å². The molecule has 0 bridgehead atoms. The van der Waals surface area contributed by atoms with Crippen LogP contribution in [0, 0.1) is 5.92 Å². The summed E-state index contributed by atoms with van der Waals surface area (Å²) in [6.45, 7) is 8.02. The van der Waals surface area contributed by atoms with Crippen LogP contribution in [0.5, 0.6) is 0 Å². The van der Waals surface area contributed by atoms with Crippen molar-refractivity contribution in [2.75, 3.05) is 26.7 Å². The lowest BCUT2D eigenvalue weighted by atomic mass is 9.99. The van der Waals surface area contributed by atoms with Gasteiger partial charge in [-0.05, 0) is 58.6 Å². The number of Topliss-reactive ketones (excluding diaryl/α,β-unsaturated/α-hetero) is 1. The molecule has 0 N–H and O–H groups in total. The summed E-state index contributed by atoms with van der Waals surface area (Å²) in [7, 11) is -2.02. The van der Waals surface area contributed by atoms with E-state index in [4.69, 9.17) is 4.74 Å². The van der Waals surface area contributed by atoms with Gasteiger partial charge in [0.2, 0.25) is 10.0 Å². The third kappa shape index (κ3) is 5.78. The lowest BCUT2D eigenvalue weighted by Crippen LogP contribution is -2.44. The van der Waals surface area contributed by atoms with Crippen LogP contribution in [-0.2, 0) is 14.8 Å². The molecule has 1 saturated heterocycles. The molecule has 1 unspecified atom stereocenters. The van der Waals surface area contributed by atoms with Crippen LogP contribution < -0.4 is 0 Å². The third-order valence-electron chi connectivity index (χ3n) is 4.60. The van der Waals surface area contributed by atoms with Crippen molar-refractivity contribution in [2.45, 2.75) is 51.0 Å². The van der Waals surface area contributed by atoms with E-state index in [1.54, 1.807) is 19.2 Å². The Bertz CT molecular complexity index is 829. The van der Waals surface area contributed by atoms with E-state index < -0.39 is 21.7 Å². The van der Waals surface area contributed by atoms with Crippen molar-refractivity contribution < 1.29 is 22.7 Å². The third-order valence-corrected chi connectivity index (χ3v) is 6.46. The molecule has 0 saturated carbocycles. The molecule has 1 amide bonds. The van der Waals surface area contributed by atoms with Gasteiger partial charge in [-0.3, -0.25) is 4.79 Å². The first kappa shape index (κ1) is 22.4. The number of sulfonamides is 1. The molecule has 1 heterocycles. The van der Waals surface area contributed by atoms with Crippen LogP contribution in [0.25, 0.3) is 0 Å².